The van der Waals surface area contributed by atoms with Gasteiger partial charge in [-0.1, -0.05) is 31.0 Å². The fourth-order valence-corrected chi connectivity index (χ4v) is 2.96. The van der Waals surface area contributed by atoms with Gasteiger partial charge in [0.1, 0.15) is 0 Å². The fourth-order valence-electron chi connectivity index (χ4n) is 1.83. The van der Waals surface area contributed by atoms with Gasteiger partial charge in [0.2, 0.25) is 0 Å². The van der Waals surface area contributed by atoms with Crippen LogP contribution in [0.1, 0.15) is 32.3 Å². The van der Waals surface area contributed by atoms with Crippen molar-refractivity contribution < 1.29 is 9.90 Å². The van der Waals surface area contributed by atoms with Gasteiger partial charge in [0.25, 0.3) is 5.91 Å². The number of thioether (sulfide) groups is 1. The average molecular weight is 267 g/mol. The summed E-state index contributed by atoms with van der Waals surface area (Å²) < 4.78 is 0. The molecule has 1 rings (SSSR count). The largest absolute Gasteiger partial charge is 0.379 e. The first-order valence-electron chi connectivity index (χ1n) is 6.15. The van der Waals surface area contributed by atoms with E-state index in [0.717, 1.165) is 11.3 Å². The first-order chi connectivity index (χ1) is 8.40. The molecule has 0 bridgehead atoms. The van der Waals surface area contributed by atoms with Crippen LogP contribution in [0.15, 0.2) is 29.2 Å². The molecule has 0 radical (unpaired) electrons. The SMILES string of the molecule is CCC[C@](O)(C(N)=O)[C@H](C)Sc1ccc(C)cc1. The third kappa shape index (κ3) is 3.50. The van der Waals surface area contributed by atoms with Crippen molar-refractivity contribution in [1.29, 1.82) is 0 Å². The Hall–Kier alpha value is -1.00. The van der Waals surface area contributed by atoms with Gasteiger partial charge in [0, 0.05) is 10.1 Å². The minimum absolute atomic E-state index is 0.266. The van der Waals surface area contributed by atoms with E-state index in [1.165, 1.54) is 17.3 Å². The van der Waals surface area contributed by atoms with Crippen LogP contribution in [0.4, 0.5) is 0 Å². The molecule has 3 nitrogen and oxygen atoms in total. The number of nitrogens with two attached hydrogens (primary N) is 1. The highest BCUT2D eigenvalue weighted by molar-refractivity contribution is 8.00. The number of amides is 1. The minimum atomic E-state index is -1.44. The lowest BCUT2D eigenvalue weighted by atomic mass is 9.94. The summed E-state index contributed by atoms with van der Waals surface area (Å²) in [5, 5.41) is 10.1. The smallest absolute Gasteiger partial charge is 0.250 e. The monoisotopic (exact) mass is 267 g/mol. The van der Waals surface area contributed by atoms with Crippen molar-refractivity contribution in [1.82, 2.24) is 0 Å². The lowest BCUT2D eigenvalue weighted by Crippen LogP contribution is -2.50. The highest BCUT2D eigenvalue weighted by Crippen LogP contribution is 2.33. The summed E-state index contributed by atoms with van der Waals surface area (Å²) in [4.78, 5) is 12.5. The van der Waals surface area contributed by atoms with E-state index in [4.69, 9.17) is 5.73 Å². The molecule has 18 heavy (non-hydrogen) atoms. The topological polar surface area (TPSA) is 63.3 Å². The van der Waals surface area contributed by atoms with Gasteiger partial charge in [-0.05, 0) is 32.4 Å². The quantitative estimate of drug-likeness (QED) is 0.778. The molecule has 0 spiro atoms. The zero-order valence-corrected chi connectivity index (χ0v) is 12.0. The van der Waals surface area contributed by atoms with Gasteiger partial charge in [-0.3, -0.25) is 4.79 Å². The Morgan fingerprint density at radius 3 is 2.44 bits per heavy atom. The van der Waals surface area contributed by atoms with Crippen LogP contribution < -0.4 is 5.73 Å². The number of hydrogen-bond acceptors (Lipinski definition) is 3. The Bertz CT molecular complexity index is 405. The van der Waals surface area contributed by atoms with Crippen LogP contribution in [0, 0.1) is 6.92 Å². The second-order valence-electron chi connectivity index (χ2n) is 4.61. The van der Waals surface area contributed by atoms with Crippen molar-refractivity contribution in [3.63, 3.8) is 0 Å². The van der Waals surface area contributed by atoms with E-state index in [1.807, 2.05) is 45.0 Å². The molecule has 2 atom stereocenters. The molecule has 1 aromatic rings. The van der Waals surface area contributed by atoms with Crippen molar-refractivity contribution in [3.05, 3.63) is 29.8 Å². The Kier molecular flexibility index (Phi) is 5.23. The zero-order valence-electron chi connectivity index (χ0n) is 11.1. The number of aliphatic hydroxyl groups is 1. The minimum Gasteiger partial charge on any atom is -0.379 e. The van der Waals surface area contributed by atoms with Gasteiger partial charge in [-0.25, -0.2) is 0 Å². The molecule has 1 aromatic carbocycles. The predicted octanol–water partition coefficient (Wildman–Crippen LogP) is 2.49. The van der Waals surface area contributed by atoms with Crippen molar-refractivity contribution in [3.8, 4) is 0 Å². The molecule has 3 N–H and O–H groups in total. The second-order valence-corrected chi connectivity index (χ2v) is 6.03. The van der Waals surface area contributed by atoms with E-state index in [-0.39, 0.29) is 5.25 Å². The molecule has 100 valence electrons. The first kappa shape index (κ1) is 15.1. The Balaban J connectivity index is 2.81. The van der Waals surface area contributed by atoms with Gasteiger partial charge >= 0.3 is 0 Å². The first-order valence-corrected chi connectivity index (χ1v) is 7.03. The molecule has 1 amide bonds. The number of rotatable bonds is 6. The van der Waals surface area contributed by atoms with E-state index >= 15 is 0 Å². The fraction of sp³-hybridized carbons (Fsp3) is 0.500. The Morgan fingerprint density at radius 1 is 1.44 bits per heavy atom. The maximum Gasteiger partial charge on any atom is 0.250 e. The number of primary amides is 1. The van der Waals surface area contributed by atoms with E-state index in [2.05, 4.69) is 0 Å². The number of carbonyl (C=O) groups is 1. The van der Waals surface area contributed by atoms with Crippen LogP contribution in [-0.2, 0) is 4.79 Å². The molecule has 4 heteroatoms. The number of benzene rings is 1. The Labute approximate surface area is 113 Å². The highest BCUT2D eigenvalue weighted by Gasteiger charge is 2.39. The second kappa shape index (κ2) is 6.25. The van der Waals surface area contributed by atoms with Crippen LogP contribution in [-0.4, -0.2) is 21.9 Å². The van der Waals surface area contributed by atoms with E-state index in [1.54, 1.807) is 0 Å². The molecular weight excluding hydrogens is 246 g/mol. The maximum atomic E-state index is 11.5. The molecule has 0 aliphatic rings. The molecule has 0 heterocycles. The average Bonchev–Trinajstić information content (AvgIpc) is 2.32. The molecule has 0 unspecified atom stereocenters. The van der Waals surface area contributed by atoms with Crippen molar-refractivity contribution in [2.75, 3.05) is 0 Å². The summed E-state index contributed by atoms with van der Waals surface area (Å²) in [6.45, 7) is 5.79. The van der Waals surface area contributed by atoms with Crippen molar-refractivity contribution >= 4 is 17.7 Å². The summed E-state index contributed by atoms with van der Waals surface area (Å²) in [5.41, 5.74) is 5.08. The molecule has 0 aromatic heterocycles. The van der Waals surface area contributed by atoms with Crippen LogP contribution in [0.5, 0.6) is 0 Å². The normalized spacial score (nSPS) is 16.0. The number of carbonyl (C=O) groups excluding carboxylic acids is 1. The highest BCUT2D eigenvalue weighted by atomic mass is 32.2. The van der Waals surface area contributed by atoms with E-state index in [9.17, 15) is 9.90 Å². The summed E-state index contributed by atoms with van der Waals surface area (Å²) in [7, 11) is 0. The van der Waals surface area contributed by atoms with Crippen LogP contribution in [0.2, 0.25) is 0 Å². The van der Waals surface area contributed by atoms with E-state index in [0.29, 0.717) is 6.42 Å². The Morgan fingerprint density at radius 2 is 2.00 bits per heavy atom. The third-order valence-corrected chi connectivity index (χ3v) is 4.35. The molecule has 0 saturated heterocycles. The summed E-state index contributed by atoms with van der Waals surface area (Å²) >= 11 is 1.48. The third-order valence-electron chi connectivity index (χ3n) is 3.06. The van der Waals surface area contributed by atoms with Crippen molar-refractivity contribution in [2.45, 2.75) is 49.4 Å². The van der Waals surface area contributed by atoms with Gasteiger partial charge in [-0.2, -0.15) is 0 Å². The summed E-state index contributed by atoms with van der Waals surface area (Å²) in [6, 6.07) is 8.00. The van der Waals surface area contributed by atoms with Crippen molar-refractivity contribution in [2.24, 2.45) is 5.73 Å². The van der Waals surface area contributed by atoms with Gasteiger partial charge in [0.05, 0.1) is 0 Å². The standard InChI is InChI=1S/C14H21NO2S/c1-4-9-14(17,13(15)16)11(3)18-12-7-5-10(2)6-8-12/h5-8,11,17H,4,9H2,1-3H3,(H2,15,16)/t11-,14+/m0/s1. The van der Waals surface area contributed by atoms with Gasteiger partial charge < -0.3 is 10.8 Å². The van der Waals surface area contributed by atoms with Gasteiger partial charge in [0.15, 0.2) is 5.60 Å². The van der Waals surface area contributed by atoms with E-state index < -0.39 is 11.5 Å². The van der Waals surface area contributed by atoms with Crippen LogP contribution in [0.3, 0.4) is 0 Å². The predicted molar refractivity (Wildman–Crippen MR) is 75.6 cm³/mol. The molecule has 0 saturated carbocycles. The van der Waals surface area contributed by atoms with Gasteiger partial charge in [-0.15, -0.1) is 11.8 Å². The lowest BCUT2D eigenvalue weighted by molar-refractivity contribution is -0.136. The number of hydrogen-bond donors (Lipinski definition) is 2. The summed E-state index contributed by atoms with van der Waals surface area (Å²) in [6.07, 6.45) is 1.11. The zero-order chi connectivity index (χ0) is 13.8. The number of aryl methyl sites for hydroxylation is 1. The molecule has 0 aliphatic carbocycles. The molecule has 0 fully saturated rings. The lowest BCUT2D eigenvalue weighted by Gasteiger charge is -2.30. The molecule has 0 aliphatic heterocycles. The summed E-state index contributed by atoms with van der Waals surface area (Å²) in [5.74, 6) is -0.642. The van der Waals surface area contributed by atoms with Crippen LogP contribution in [0.25, 0.3) is 0 Å². The van der Waals surface area contributed by atoms with Crippen LogP contribution >= 0.6 is 11.8 Å². The molecular formula is C14H21NO2S. The maximum absolute atomic E-state index is 11.5.